The topological polar surface area (TPSA) is 23.5 Å². The van der Waals surface area contributed by atoms with Crippen molar-refractivity contribution in [1.29, 1.82) is 0 Å². The molecule has 0 amide bonds. The molecule has 1 aliphatic carbocycles. The summed E-state index contributed by atoms with van der Waals surface area (Å²) in [5.41, 5.74) is 1.27. The third-order valence-electron chi connectivity index (χ3n) is 4.58. The molecule has 0 bridgehead atoms. The summed E-state index contributed by atoms with van der Waals surface area (Å²) in [6, 6.07) is 10.5. The maximum atomic E-state index is 10.4. The van der Waals surface area contributed by atoms with E-state index < -0.39 is 0 Å². The summed E-state index contributed by atoms with van der Waals surface area (Å²) in [5.74, 6) is 1.67. The van der Waals surface area contributed by atoms with Crippen LogP contribution in [0, 0.1) is 17.8 Å². The molecular formula is C17H27NO. The second kappa shape index (κ2) is 6.42. The minimum Gasteiger partial charge on any atom is -0.393 e. The highest BCUT2D eigenvalue weighted by Gasteiger charge is 2.33. The van der Waals surface area contributed by atoms with Gasteiger partial charge >= 0.3 is 0 Å². The quantitative estimate of drug-likeness (QED) is 0.896. The van der Waals surface area contributed by atoms with Crippen molar-refractivity contribution in [2.75, 3.05) is 18.0 Å². The Labute approximate surface area is 117 Å². The van der Waals surface area contributed by atoms with E-state index >= 15 is 0 Å². The second-order valence-corrected chi connectivity index (χ2v) is 6.16. The van der Waals surface area contributed by atoms with E-state index in [0.29, 0.717) is 17.8 Å². The van der Waals surface area contributed by atoms with Gasteiger partial charge in [0.2, 0.25) is 0 Å². The third kappa shape index (κ3) is 3.50. The van der Waals surface area contributed by atoms with Crippen LogP contribution in [0.15, 0.2) is 30.3 Å². The Bertz CT molecular complexity index is 366. The number of hydrogen-bond acceptors (Lipinski definition) is 2. The lowest BCUT2D eigenvalue weighted by atomic mass is 9.73. The van der Waals surface area contributed by atoms with E-state index in [1.165, 1.54) is 12.1 Å². The van der Waals surface area contributed by atoms with Gasteiger partial charge in [0.15, 0.2) is 0 Å². The second-order valence-electron chi connectivity index (χ2n) is 6.16. The van der Waals surface area contributed by atoms with Gasteiger partial charge < -0.3 is 10.0 Å². The average Bonchev–Trinajstić information content (AvgIpc) is 2.39. The zero-order chi connectivity index (χ0) is 13.8. The molecular weight excluding hydrogens is 234 g/mol. The lowest BCUT2D eigenvalue weighted by molar-refractivity contribution is 0.0201. The number of hydrogen-bond donors (Lipinski definition) is 1. The first kappa shape index (κ1) is 14.4. The van der Waals surface area contributed by atoms with Crippen molar-refractivity contribution in [1.82, 2.24) is 0 Å². The molecule has 2 rings (SSSR count). The Balaban J connectivity index is 2.06. The molecule has 1 saturated carbocycles. The van der Waals surface area contributed by atoms with E-state index in [2.05, 4.69) is 56.0 Å². The molecule has 0 saturated heterocycles. The van der Waals surface area contributed by atoms with E-state index in [9.17, 15) is 5.11 Å². The standard InChI is InChI=1S/C17H27NO/c1-4-18(15-8-6-5-7-9-15)12-16-14(3)10-13(2)11-17(16)19/h5-9,13-14,16-17,19H,4,10-12H2,1-3H3. The first-order chi connectivity index (χ1) is 9.11. The molecule has 0 aliphatic heterocycles. The monoisotopic (exact) mass is 261 g/mol. The Morgan fingerprint density at radius 2 is 1.84 bits per heavy atom. The van der Waals surface area contributed by atoms with Crippen LogP contribution in [0.4, 0.5) is 5.69 Å². The number of benzene rings is 1. The van der Waals surface area contributed by atoms with Crippen LogP contribution in [-0.4, -0.2) is 24.3 Å². The SMILES string of the molecule is CCN(CC1C(C)CC(C)CC1O)c1ccccc1. The number of aliphatic hydroxyl groups excluding tert-OH is 1. The first-order valence-corrected chi connectivity index (χ1v) is 7.59. The van der Waals surface area contributed by atoms with Crippen LogP contribution < -0.4 is 4.90 Å². The number of para-hydroxylation sites is 1. The van der Waals surface area contributed by atoms with E-state index in [1.807, 2.05) is 0 Å². The molecule has 0 radical (unpaired) electrons. The zero-order valence-corrected chi connectivity index (χ0v) is 12.4. The Hall–Kier alpha value is -1.02. The fourth-order valence-electron chi connectivity index (χ4n) is 3.48. The lowest BCUT2D eigenvalue weighted by Gasteiger charge is -2.40. The van der Waals surface area contributed by atoms with Gasteiger partial charge in [0.05, 0.1) is 6.10 Å². The van der Waals surface area contributed by atoms with Crippen LogP contribution in [0.1, 0.15) is 33.6 Å². The normalized spacial score (nSPS) is 31.2. The summed E-state index contributed by atoms with van der Waals surface area (Å²) in [7, 11) is 0. The molecule has 0 heterocycles. The van der Waals surface area contributed by atoms with Crippen LogP contribution in [0.3, 0.4) is 0 Å². The molecule has 4 atom stereocenters. The van der Waals surface area contributed by atoms with Gasteiger partial charge in [0.25, 0.3) is 0 Å². The summed E-state index contributed by atoms with van der Waals surface area (Å²) >= 11 is 0. The summed E-state index contributed by atoms with van der Waals surface area (Å²) in [4.78, 5) is 2.39. The Morgan fingerprint density at radius 1 is 1.16 bits per heavy atom. The molecule has 0 spiro atoms. The summed E-state index contributed by atoms with van der Waals surface area (Å²) in [6.07, 6.45) is 2.06. The van der Waals surface area contributed by atoms with Gasteiger partial charge in [-0.25, -0.2) is 0 Å². The van der Waals surface area contributed by atoms with Crippen molar-refractivity contribution in [2.45, 2.75) is 39.7 Å². The molecule has 1 fully saturated rings. The minimum atomic E-state index is -0.142. The van der Waals surface area contributed by atoms with Crippen molar-refractivity contribution < 1.29 is 5.11 Å². The van der Waals surface area contributed by atoms with Crippen LogP contribution in [-0.2, 0) is 0 Å². The van der Waals surface area contributed by atoms with E-state index in [1.54, 1.807) is 0 Å². The lowest BCUT2D eigenvalue weighted by Crippen LogP contribution is -2.42. The molecule has 1 N–H and O–H groups in total. The summed E-state index contributed by atoms with van der Waals surface area (Å²) in [6.45, 7) is 8.70. The van der Waals surface area contributed by atoms with Crippen molar-refractivity contribution >= 4 is 5.69 Å². The molecule has 19 heavy (non-hydrogen) atoms. The third-order valence-corrected chi connectivity index (χ3v) is 4.58. The summed E-state index contributed by atoms with van der Waals surface area (Å²) in [5, 5.41) is 10.4. The van der Waals surface area contributed by atoms with Gasteiger partial charge in [-0.3, -0.25) is 0 Å². The summed E-state index contributed by atoms with van der Waals surface area (Å²) < 4.78 is 0. The molecule has 1 aromatic carbocycles. The highest BCUT2D eigenvalue weighted by atomic mass is 16.3. The molecule has 1 aromatic rings. The van der Waals surface area contributed by atoms with Gasteiger partial charge in [-0.2, -0.15) is 0 Å². The predicted octanol–water partition coefficient (Wildman–Crippen LogP) is 3.56. The molecule has 2 heteroatoms. The predicted molar refractivity (Wildman–Crippen MR) is 81.4 cm³/mol. The first-order valence-electron chi connectivity index (χ1n) is 7.59. The van der Waals surface area contributed by atoms with Crippen LogP contribution in [0.2, 0.25) is 0 Å². The molecule has 0 aromatic heterocycles. The van der Waals surface area contributed by atoms with Crippen LogP contribution >= 0.6 is 0 Å². The molecule has 2 nitrogen and oxygen atoms in total. The smallest absolute Gasteiger partial charge is 0.0590 e. The van der Waals surface area contributed by atoms with Crippen molar-refractivity contribution in [2.24, 2.45) is 17.8 Å². The van der Waals surface area contributed by atoms with E-state index in [-0.39, 0.29) is 6.10 Å². The minimum absolute atomic E-state index is 0.142. The van der Waals surface area contributed by atoms with E-state index in [4.69, 9.17) is 0 Å². The Morgan fingerprint density at radius 3 is 2.42 bits per heavy atom. The molecule has 4 unspecified atom stereocenters. The highest BCUT2D eigenvalue weighted by Crippen LogP contribution is 2.34. The number of anilines is 1. The highest BCUT2D eigenvalue weighted by molar-refractivity contribution is 5.45. The Kier molecular flexibility index (Phi) is 4.87. The number of nitrogens with zero attached hydrogens (tertiary/aromatic N) is 1. The van der Waals surface area contributed by atoms with Gasteiger partial charge in [0, 0.05) is 24.7 Å². The van der Waals surface area contributed by atoms with Crippen LogP contribution in [0.25, 0.3) is 0 Å². The van der Waals surface area contributed by atoms with Crippen molar-refractivity contribution in [3.8, 4) is 0 Å². The van der Waals surface area contributed by atoms with Crippen molar-refractivity contribution in [3.05, 3.63) is 30.3 Å². The maximum Gasteiger partial charge on any atom is 0.0590 e. The van der Waals surface area contributed by atoms with Gasteiger partial charge in [-0.1, -0.05) is 32.0 Å². The largest absolute Gasteiger partial charge is 0.393 e. The number of aliphatic hydroxyl groups is 1. The number of rotatable bonds is 4. The molecule has 106 valence electrons. The zero-order valence-electron chi connectivity index (χ0n) is 12.4. The fourth-order valence-corrected chi connectivity index (χ4v) is 3.48. The van der Waals surface area contributed by atoms with E-state index in [0.717, 1.165) is 19.5 Å². The maximum absolute atomic E-state index is 10.4. The van der Waals surface area contributed by atoms with Gasteiger partial charge in [-0.15, -0.1) is 0 Å². The van der Waals surface area contributed by atoms with Crippen LogP contribution in [0.5, 0.6) is 0 Å². The fraction of sp³-hybridized carbons (Fsp3) is 0.647. The van der Waals surface area contributed by atoms with Gasteiger partial charge in [0.1, 0.15) is 0 Å². The average molecular weight is 261 g/mol. The van der Waals surface area contributed by atoms with Crippen molar-refractivity contribution in [3.63, 3.8) is 0 Å². The van der Waals surface area contributed by atoms with Gasteiger partial charge in [-0.05, 0) is 43.7 Å². The molecule has 1 aliphatic rings.